The van der Waals surface area contributed by atoms with Crippen molar-refractivity contribution >= 4 is 11.8 Å². The maximum Gasteiger partial charge on any atom is 0.405 e. The van der Waals surface area contributed by atoms with Crippen LogP contribution in [0.5, 0.6) is 0 Å². The molecule has 250 valence electrons. The van der Waals surface area contributed by atoms with Crippen LogP contribution in [0.4, 0.5) is 13.2 Å². The fourth-order valence-corrected chi connectivity index (χ4v) is 8.33. The van der Waals surface area contributed by atoms with E-state index in [1.165, 1.54) is 12.0 Å². The summed E-state index contributed by atoms with van der Waals surface area (Å²) >= 11 is 0. The number of rotatable bonds is 11. The van der Waals surface area contributed by atoms with Gasteiger partial charge in [0.2, 0.25) is 11.8 Å². The molecule has 0 bridgehead atoms. The first-order chi connectivity index (χ1) is 22.7. The van der Waals surface area contributed by atoms with Gasteiger partial charge >= 0.3 is 6.18 Å². The van der Waals surface area contributed by atoms with E-state index in [1.54, 1.807) is 0 Å². The van der Waals surface area contributed by atoms with Crippen molar-refractivity contribution < 1.29 is 22.8 Å². The summed E-state index contributed by atoms with van der Waals surface area (Å²) in [7, 11) is 0. The third kappa shape index (κ3) is 7.58. The minimum Gasteiger partial charge on any atom is -0.353 e. The SMILES string of the molecule is O=C(NC1CCN(CCCCC2(C(=O)NCC(F)(F)F)c3ccccc3-c3ccccc32)CC1)C1CCCCC1Cc1ccccc1. The second kappa shape index (κ2) is 14.6. The minimum atomic E-state index is -4.49. The van der Waals surface area contributed by atoms with Crippen LogP contribution in [0.25, 0.3) is 11.1 Å². The molecule has 1 aliphatic heterocycles. The Kier molecular flexibility index (Phi) is 10.4. The Bertz CT molecular complexity index is 1470. The van der Waals surface area contributed by atoms with Crippen molar-refractivity contribution in [2.24, 2.45) is 11.8 Å². The molecule has 2 N–H and O–H groups in total. The highest BCUT2D eigenvalue weighted by Crippen LogP contribution is 2.51. The van der Waals surface area contributed by atoms with E-state index in [0.29, 0.717) is 18.8 Å². The lowest BCUT2D eigenvalue weighted by Crippen LogP contribution is -2.48. The smallest absolute Gasteiger partial charge is 0.353 e. The minimum absolute atomic E-state index is 0.0773. The summed E-state index contributed by atoms with van der Waals surface area (Å²) in [5.41, 5.74) is 3.53. The highest BCUT2D eigenvalue weighted by Gasteiger charge is 2.49. The van der Waals surface area contributed by atoms with E-state index in [9.17, 15) is 22.8 Å². The number of nitrogens with one attached hydrogen (secondary N) is 2. The molecule has 2 atom stereocenters. The Balaban J connectivity index is 1.02. The van der Waals surface area contributed by atoms with Crippen LogP contribution in [0.3, 0.4) is 0 Å². The van der Waals surface area contributed by atoms with Crippen molar-refractivity contribution in [1.29, 1.82) is 0 Å². The summed E-state index contributed by atoms with van der Waals surface area (Å²) < 4.78 is 39.5. The fraction of sp³-hybridized carbons (Fsp3) is 0.487. The molecule has 47 heavy (non-hydrogen) atoms. The molecule has 2 unspecified atom stereocenters. The van der Waals surface area contributed by atoms with Crippen LogP contribution in [0, 0.1) is 11.8 Å². The quantitative estimate of drug-likeness (QED) is 0.213. The molecule has 2 aliphatic carbocycles. The van der Waals surface area contributed by atoms with Crippen molar-refractivity contribution in [2.75, 3.05) is 26.2 Å². The second-order valence-corrected chi connectivity index (χ2v) is 13.7. The summed E-state index contributed by atoms with van der Waals surface area (Å²) in [4.78, 5) is 29.6. The van der Waals surface area contributed by atoms with Crippen LogP contribution in [-0.4, -0.2) is 55.1 Å². The summed E-state index contributed by atoms with van der Waals surface area (Å²) in [6.45, 7) is 1.29. The zero-order valence-corrected chi connectivity index (χ0v) is 27.0. The monoisotopic (exact) mass is 645 g/mol. The van der Waals surface area contributed by atoms with E-state index in [-0.39, 0.29) is 17.9 Å². The van der Waals surface area contributed by atoms with E-state index in [0.717, 1.165) is 86.8 Å². The number of unbranched alkanes of at least 4 members (excludes halogenated alkanes) is 1. The number of likely N-dealkylation sites (tertiary alicyclic amines) is 1. The second-order valence-electron chi connectivity index (χ2n) is 13.7. The van der Waals surface area contributed by atoms with Gasteiger partial charge in [-0.3, -0.25) is 9.59 Å². The zero-order valence-electron chi connectivity index (χ0n) is 27.0. The number of nitrogens with zero attached hydrogens (tertiary/aromatic N) is 1. The van der Waals surface area contributed by atoms with Crippen LogP contribution >= 0.6 is 0 Å². The van der Waals surface area contributed by atoms with Crippen LogP contribution in [-0.2, 0) is 21.4 Å². The van der Waals surface area contributed by atoms with Crippen molar-refractivity contribution in [3.8, 4) is 11.1 Å². The van der Waals surface area contributed by atoms with E-state index in [4.69, 9.17) is 0 Å². The van der Waals surface area contributed by atoms with Gasteiger partial charge in [-0.15, -0.1) is 0 Å². The van der Waals surface area contributed by atoms with Crippen molar-refractivity contribution in [2.45, 2.75) is 81.8 Å². The van der Waals surface area contributed by atoms with Crippen LogP contribution in [0.2, 0.25) is 0 Å². The van der Waals surface area contributed by atoms with Crippen LogP contribution < -0.4 is 10.6 Å². The maximum absolute atomic E-state index is 13.7. The maximum atomic E-state index is 13.7. The summed E-state index contributed by atoms with van der Waals surface area (Å²) in [6.07, 6.45) is 4.63. The molecule has 1 saturated carbocycles. The van der Waals surface area contributed by atoms with Gasteiger partial charge in [0.25, 0.3) is 0 Å². The molecular formula is C39H46F3N3O2. The first kappa shape index (κ1) is 33.3. The van der Waals surface area contributed by atoms with Gasteiger partial charge in [0.1, 0.15) is 12.0 Å². The average molecular weight is 646 g/mol. The van der Waals surface area contributed by atoms with Crippen molar-refractivity contribution in [3.63, 3.8) is 0 Å². The molecule has 3 aromatic rings. The number of hydrogen-bond acceptors (Lipinski definition) is 3. The lowest BCUT2D eigenvalue weighted by atomic mass is 9.73. The summed E-state index contributed by atoms with van der Waals surface area (Å²) in [5.74, 6) is 0.0976. The predicted octanol–water partition coefficient (Wildman–Crippen LogP) is 7.43. The Hall–Kier alpha value is -3.65. The number of carbonyl (C=O) groups excluding carboxylic acids is 2. The molecule has 8 heteroatoms. The number of amides is 2. The third-order valence-corrected chi connectivity index (χ3v) is 10.7. The molecule has 3 aliphatic rings. The molecule has 2 fully saturated rings. The van der Waals surface area contributed by atoms with Gasteiger partial charge in [0, 0.05) is 25.0 Å². The lowest BCUT2D eigenvalue weighted by molar-refractivity contribution is -0.141. The van der Waals surface area contributed by atoms with Crippen LogP contribution in [0.1, 0.15) is 74.5 Å². The Labute approximate surface area is 276 Å². The number of carbonyl (C=O) groups is 2. The molecule has 5 nitrogen and oxygen atoms in total. The van der Waals surface area contributed by atoms with Crippen LogP contribution in [0.15, 0.2) is 78.9 Å². The van der Waals surface area contributed by atoms with Gasteiger partial charge in [0.05, 0.1) is 0 Å². The van der Waals surface area contributed by atoms with Crippen molar-refractivity contribution in [1.82, 2.24) is 15.5 Å². The highest BCUT2D eigenvalue weighted by molar-refractivity contribution is 6.00. The predicted molar refractivity (Wildman–Crippen MR) is 179 cm³/mol. The van der Waals surface area contributed by atoms with Gasteiger partial charge in [-0.25, -0.2) is 0 Å². The molecule has 0 aromatic heterocycles. The molecule has 1 saturated heterocycles. The molecule has 2 amide bonds. The number of alkyl halides is 3. The normalized spacial score (nSPS) is 21.1. The molecule has 6 rings (SSSR count). The molecular weight excluding hydrogens is 599 g/mol. The summed E-state index contributed by atoms with van der Waals surface area (Å²) in [5, 5.41) is 5.63. The number of piperidine rings is 1. The average Bonchev–Trinajstić information content (AvgIpc) is 3.37. The number of fused-ring (bicyclic) bond motifs is 3. The molecule has 3 aromatic carbocycles. The number of benzene rings is 3. The number of hydrogen-bond donors (Lipinski definition) is 2. The van der Waals surface area contributed by atoms with Gasteiger partial charge < -0.3 is 15.5 Å². The topological polar surface area (TPSA) is 61.4 Å². The molecule has 0 radical (unpaired) electrons. The lowest BCUT2D eigenvalue weighted by Gasteiger charge is -2.36. The van der Waals surface area contributed by atoms with Gasteiger partial charge in [-0.05, 0) is 85.2 Å². The first-order valence-electron chi connectivity index (χ1n) is 17.4. The van der Waals surface area contributed by atoms with Gasteiger partial charge in [0.15, 0.2) is 0 Å². The third-order valence-electron chi connectivity index (χ3n) is 10.7. The molecule has 0 spiro atoms. The fourth-order valence-electron chi connectivity index (χ4n) is 8.33. The summed E-state index contributed by atoms with van der Waals surface area (Å²) in [6, 6.07) is 25.9. The highest BCUT2D eigenvalue weighted by atomic mass is 19.4. The Morgan fingerprint density at radius 3 is 2.06 bits per heavy atom. The van der Waals surface area contributed by atoms with Gasteiger partial charge in [-0.2, -0.15) is 13.2 Å². The first-order valence-corrected chi connectivity index (χ1v) is 17.4. The van der Waals surface area contributed by atoms with Crippen molar-refractivity contribution in [3.05, 3.63) is 95.6 Å². The standard InChI is InChI=1S/C39H46F3N3O2/c40-39(41,42)27-43-37(47)38(34-18-8-6-16-32(34)33-17-7-9-19-35(33)38)22-10-11-23-45-24-20-30(21-25-45)44-36(46)31-15-5-4-14-29(31)26-28-12-2-1-3-13-28/h1-3,6-9,12-13,16-19,29-31H,4-5,10-11,14-15,20-27H2,(H,43,47)(H,44,46). The number of halogens is 3. The van der Waals surface area contributed by atoms with E-state index >= 15 is 0 Å². The van der Waals surface area contributed by atoms with Gasteiger partial charge in [-0.1, -0.05) is 98.1 Å². The Morgan fingerprint density at radius 2 is 1.40 bits per heavy atom. The molecule has 1 heterocycles. The van der Waals surface area contributed by atoms with E-state index in [1.807, 2.05) is 54.6 Å². The largest absolute Gasteiger partial charge is 0.405 e. The Morgan fingerprint density at radius 1 is 0.787 bits per heavy atom. The zero-order chi connectivity index (χ0) is 32.9. The van der Waals surface area contributed by atoms with E-state index < -0.39 is 24.0 Å². The van der Waals surface area contributed by atoms with E-state index in [2.05, 4.69) is 39.8 Å².